The largest absolute Gasteiger partial charge is 0.458 e. The second-order valence-electron chi connectivity index (χ2n) is 7.77. The molecule has 1 N–H and O–H groups in total. The molecule has 0 bridgehead atoms. The number of benzene rings is 1. The van der Waals surface area contributed by atoms with E-state index < -0.39 is 11.7 Å². The Morgan fingerprint density at radius 3 is 2.45 bits per heavy atom. The van der Waals surface area contributed by atoms with Gasteiger partial charge in [-0.2, -0.15) is 0 Å². The molecule has 158 valence electrons. The van der Waals surface area contributed by atoms with Gasteiger partial charge in [-0.3, -0.25) is 4.79 Å². The van der Waals surface area contributed by atoms with Gasteiger partial charge < -0.3 is 19.2 Å². The van der Waals surface area contributed by atoms with Crippen molar-refractivity contribution in [2.24, 2.45) is 0 Å². The number of Topliss-reactive ketones (excluding diaryl/α,β-unsaturated/α-hetero) is 1. The van der Waals surface area contributed by atoms with Gasteiger partial charge in [0.2, 0.25) is 0 Å². The highest BCUT2D eigenvalue weighted by Crippen LogP contribution is 2.16. The fourth-order valence-corrected chi connectivity index (χ4v) is 2.66. The van der Waals surface area contributed by atoms with Gasteiger partial charge >= 0.3 is 6.09 Å². The van der Waals surface area contributed by atoms with Crippen LogP contribution in [0.1, 0.15) is 55.5 Å². The van der Waals surface area contributed by atoms with Gasteiger partial charge in [-0.25, -0.2) is 9.18 Å². The van der Waals surface area contributed by atoms with Crippen molar-refractivity contribution < 1.29 is 27.9 Å². The van der Waals surface area contributed by atoms with Crippen LogP contribution >= 0.6 is 0 Å². The molecule has 0 aliphatic rings. The van der Waals surface area contributed by atoms with E-state index in [4.69, 9.17) is 13.9 Å². The molecule has 1 unspecified atom stereocenters. The molecule has 7 heteroatoms. The van der Waals surface area contributed by atoms with Gasteiger partial charge in [0.25, 0.3) is 0 Å². The molecule has 6 nitrogen and oxygen atoms in total. The van der Waals surface area contributed by atoms with Crippen molar-refractivity contribution in [3.63, 3.8) is 0 Å². The van der Waals surface area contributed by atoms with E-state index in [1.165, 1.54) is 19.2 Å². The third kappa shape index (κ3) is 8.07. The quantitative estimate of drug-likeness (QED) is 0.621. The van der Waals surface area contributed by atoms with Gasteiger partial charge in [0, 0.05) is 26.5 Å². The maximum Gasteiger partial charge on any atom is 0.407 e. The molecule has 2 rings (SSSR count). The van der Waals surface area contributed by atoms with Crippen molar-refractivity contribution in [3.8, 4) is 0 Å². The molecule has 2 aromatic rings. The lowest BCUT2D eigenvalue weighted by molar-refractivity contribution is 0.0444. The van der Waals surface area contributed by atoms with E-state index >= 15 is 0 Å². The number of furan rings is 1. The van der Waals surface area contributed by atoms with E-state index in [0.717, 1.165) is 5.56 Å². The molecule has 1 aromatic heterocycles. The first-order valence-electron chi connectivity index (χ1n) is 9.52. The number of carbonyl (C=O) groups excluding carboxylic acids is 2. The van der Waals surface area contributed by atoms with Crippen LogP contribution in [0, 0.1) is 5.82 Å². The molecule has 0 saturated heterocycles. The number of hydrogen-bond donors (Lipinski definition) is 1. The lowest BCUT2D eigenvalue weighted by atomic mass is 10.1. The summed E-state index contributed by atoms with van der Waals surface area (Å²) in [7, 11) is 1.53. The zero-order valence-electron chi connectivity index (χ0n) is 17.3. The lowest BCUT2D eigenvalue weighted by Gasteiger charge is -2.21. The highest BCUT2D eigenvalue weighted by molar-refractivity contribution is 5.93. The number of ketones is 1. The Morgan fingerprint density at radius 1 is 1.14 bits per heavy atom. The zero-order valence-corrected chi connectivity index (χ0v) is 17.3. The molecule has 1 amide bonds. The minimum absolute atomic E-state index is 0.144. The average molecular weight is 405 g/mol. The summed E-state index contributed by atoms with van der Waals surface area (Å²) in [6.07, 6.45) is 0.285. The fourth-order valence-electron chi connectivity index (χ4n) is 2.66. The SMILES string of the molecule is COC(CCC(=O)c1ccc(Cc2ccc(F)cc2)o1)CNC(=O)OC(C)(C)C. The third-order valence-corrected chi connectivity index (χ3v) is 4.13. The third-order valence-electron chi connectivity index (χ3n) is 4.13. The molecule has 0 aliphatic heterocycles. The van der Waals surface area contributed by atoms with Crippen molar-refractivity contribution in [2.45, 2.75) is 51.7 Å². The normalized spacial score (nSPS) is 12.4. The average Bonchev–Trinajstić information content (AvgIpc) is 3.10. The molecule has 1 atom stereocenters. The Balaban J connectivity index is 1.81. The summed E-state index contributed by atoms with van der Waals surface area (Å²) < 4.78 is 29.1. The maximum atomic E-state index is 13.0. The first-order valence-corrected chi connectivity index (χ1v) is 9.52. The van der Waals surface area contributed by atoms with E-state index in [1.807, 2.05) is 0 Å². The number of halogens is 1. The minimum Gasteiger partial charge on any atom is -0.458 e. The monoisotopic (exact) mass is 405 g/mol. The van der Waals surface area contributed by atoms with Crippen molar-refractivity contribution in [1.29, 1.82) is 0 Å². The molecule has 0 saturated carbocycles. The van der Waals surface area contributed by atoms with Crippen LogP contribution < -0.4 is 5.32 Å². The second-order valence-corrected chi connectivity index (χ2v) is 7.77. The van der Waals surface area contributed by atoms with Crippen LogP contribution in [0.2, 0.25) is 0 Å². The number of nitrogens with one attached hydrogen (secondary N) is 1. The molecule has 0 aliphatic carbocycles. The van der Waals surface area contributed by atoms with Gasteiger partial charge in [-0.05, 0) is 57.0 Å². The first kappa shape index (κ1) is 22.6. The van der Waals surface area contributed by atoms with Crippen LogP contribution in [0.25, 0.3) is 0 Å². The summed E-state index contributed by atoms with van der Waals surface area (Å²) in [5, 5.41) is 2.64. The maximum absolute atomic E-state index is 13.0. The van der Waals surface area contributed by atoms with E-state index in [0.29, 0.717) is 18.6 Å². The second kappa shape index (κ2) is 10.2. The van der Waals surface area contributed by atoms with E-state index in [9.17, 15) is 14.0 Å². The Kier molecular flexibility index (Phi) is 7.96. The summed E-state index contributed by atoms with van der Waals surface area (Å²) in [5.74, 6) is 0.472. The number of methoxy groups -OCH3 is 1. The summed E-state index contributed by atoms with van der Waals surface area (Å²) >= 11 is 0. The molecular weight excluding hydrogens is 377 g/mol. The summed E-state index contributed by atoms with van der Waals surface area (Å²) in [6.45, 7) is 5.60. The Hall–Kier alpha value is -2.67. The van der Waals surface area contributed by atoms with Crippen molar-refractivity contribution in [3.05, 3.63) is 59.3 Å². The molecular formula is C22H28FNO5. The zero-order chi connectivity index (χ0) is 21.4. The Labute approximate surface area is 170 Å². The van der Waals surface area contributed by atoms with E-state index in [1.54, 1.807) is 45.0 Å². The topological polar surface area (TPSA) is 77.8 Å². The van der Waals surface area contributed by atoms with Crippen LogP contribution in [0.5, 0.6) is 0 Å². The summed E-state index contributed by atoms with van der Waals surface area (Å²) in [5.41, 5.74) is 0.320. The van der Waals surface area contributed by atoms with Gasteiger partial charge in [0.15, 0.2) is 11.5 Å². The highest BCUT2D eigenvalue weighted by atomic mass is 19.1. The minimum atomic E-state index is -0.576. The standard InChI is InChI=1S/C22H28FNO5/c1-22(2,3)29-21(26)24-14-18(27-4)9-11-19(25)20-12-10-17(28-20)13-15-5-7-16(23)8-6-15/h5-8,10,12,18H,9,11,13-14H2,1-4H3,(H,24,26). The number of hydrogen-bond acceptors (Lipinski definition) is 5. The number of amides is 1. The van der Waals surface area contributed by atoms with Crippen LogP contribution in [0.3, 0.4) is 0 Å². The molecule has 0 fully saturated rings. The Morgan fingerprint density at radius 2 is 1.83 bits per heavy atom. The van der Waals surface area contributed by atoms with E-state index in [2.05, 4.69) is 5.32 Å². The van der Waals surface area contributed by atoms with Gasteiger partial charge in [0.05, 0.1) is 6.10 Å². The molecule has 1 aromatic carbocycles. The van der Waals surface area contributed by atoms with Crippen LogP contribution in [0.15, 0.2) is 40.8 Å². The fraction of sp³-hybridized carbons (Fsp3) is 0.455. The molecule has 0 radical (unpaired) electrons. The lowest BCUT2D eigenvalue weighted by Crippen LogP contribution is -2.37. The predicted molar refractivity (Wildman–Crippen MR) is 107 cm³/mol. The molecule has 29 heavy (non-hydrogen) atoms. The van der Waals surface area contributed by atoms with Gasteiger partial charge in [0.1, 0.15) is 17.2 Å². The molecule has 0 spiro atoms. The van der Waals surface area contributed by atoms with Crippen LogP contribution in [0.4, 0.5) is 9.18 Å². The first-order chi connectivity index (χ1) is 13.7. The highest BCUT2D eigenvalue weighted by Gasteiger charge is 2.19. The number of ether oxygens (including phenoxy) is 2. The van der Waals surface area contributed by atoms with Crippen molar-refractivity contribution >= 4 is 11.9 Å². The van der Waals surface area contributed by atoms with Crippen molar-refractivity contribution in [2.75, 3.05) is 13.7 Å². The summed E-state index contributed by atoms with van der Waals surface area (Å²) in [4.78, 5) is 24.1. The van der Waals surface area contributed by atoms with Gasteiger partial charge in [-0.15, -0.1) is 0 Å². The summed E-state index contributed by atoms with van der Waals surface area (Å²) in [6, 6.07) is 9.53. The van der Waals surface area contributed by atoms with E-state index in [-0.39, 0.29) is 36.4 Å². The van der Waals surface area contributed by atoms with Crippen LogP contribution in [-0.2, 0) is 15.9 Å². The van der Waals surface area contributed by atoms with Crippen LogP contribution in [-0.4, -0.2) is 37.2 Å². The number of rotatable bonds is 9. The van der Waals surface area contributed by atoms with Crippen molar-refractivity contribution in [1.82, 2.24) is 5.32 Å². The number of carbonyl (C=O) groups is 2. The van der Waals surface area contributed by atoms with Gasteiger partial charge in [-0.1, -0.05) is 12.1 Å². The Bertz CT molecular complexity index is 807. The predicted octanol–water partition coefficient (Wildman–Crippen LogP) is 4.51. The smallest absolute Gasteiger partial charge is 0.407 e. The number of alkyl carbamates (subject to hydrolysis) is 1. The molecule has 1 heterocycles.